The number of benzene rings is 13. The molecule has 5 aliphatic carbocycles. The average Bonchev–Trinajstić information content (AvgIpc) is 1.53. The maximum Gasteiger partial charge on any atom is 0.150 e. The molecule has 13 aromatic carbocycles. The Kier molecular flexibility index (Phi) is 16.0. The van der Waals surface area contributed by atoms with Crippen LogP contribution >= 0.6 is 0 Å². The summed E-state index contributed by atoms with van der Waals surface area (Å²) in [7, 11) is 0. The van der Waals surface area contributed by atoms with Crippen LogP contribution in [0.3, 0.4) is 0 Å². The van der Waals surface area contributed by atoms with E-state index in [1.54, 1.807) is 0 Å². The van der Waals surface area contributed by atoms with Crippen molar-refractivity contribution < 1.29 is 27.0 Å². The number of aryl methyl sites for hydroxylation is 4. The lowest BCUT2D eigenvalue weighted by atomic mass is 9.65. The summed E-state index contributed by atoms with van der Waals surface area (Å²) in [4.78, 5) is 3.75. The molecule has 520 valence electrons. The van der Waals surface area contributed by atoms with Gasteiger partial charge in [0.15, 0.2) is 0 Å². The molecule has 0 aliphatic heterocycles. The van der Waals surface area contributed by atoms with Gasteiger partial charge in [0.25, 0.3) is 0 Å². The van der Waals surface area contributed by atoms with E-state index in [1.807, 2.05) is 76.5 Å². The molecular weight excluding hydrogens is 1310 g/mol. The predicted molar refractivity (Wildman–Crippen MR) is 422 cm³/mol. The molecule has 0 aromatic heterocycles. The monoisotopic (exact) mass is 1390 g/mol. The van der Waals surface area contributed by atoms with Crippen molar-refractivity contribution >= 4 is 39.7 Å². The first-order valence-corrected chi connectivity index (χ1v) is 36.9. The minimum Gasteiger partial charge on any atom is -0.457 e. The smallest absolute Gasteiger partial charge is 0.150 e. The van der Waals surface area contributed by atoms with Gasteiger partial charge in [0.1, 0.15) is 46.3 Å². The average molecular weight is 1390 g/mol. The van der Waals surface area contributed by atoms with E-state index in [2.05, 4.69) is 230 Å². The topological polar surface area (TPSA) is 24.9 Å². The predicted octanol–water partition coefficient (Wildman–Crippen LogP) is 26.0. The van der Waals surface area contributed by atoms with Gasteiger partial charge >= 0.3 is 0 Å². The summed E-state index contributed by atoms with van der Waals surface area (Å²) in [6.45, 7) is 13.4. The van der Waals surface area contributed by atoms with Gasteiger partial charge in [-0.25, -0.2) is 17.6 Å². The van der Waals surface area contributed by atoms with Crippen LogP contribution in [0.4, 0.5) is 51.7 Å². The third kappa shape index (κ3) is 11.2. The molecular formula is C98H78F4N2O2. The number of allylic oxidation sites excluding steroid dienone is 4. The molecule has 106 heavy (non-hydrogen) atoms. The molecule has 18 rings (SSSR count). The molecule has 8 heteroatoms. The van der Waals surface area contributed by atoms with Crippen LogP contribution in [0.15, 0.2) is 297 Å². The first-order valence-electron chi connectivity index (χ1n) is 36.9. The molecule has 0 N–H and O–H groups in total. The van der Waals surface area contributed by atoms with Gasteiger partial charge in [-0.1, -0.05) is 199 Å². The third-order valence-corrected chi connectivity index (χ3v) is 22.8. The summed E-state index contributed by atoms with van der Waals surface area (Å²) >= 11 is 0. The Morgan fingerprint density at radius 2 is 0.736 bits per heavy atom. The van der Waals surface area contributed by atoms with E-state index in [0.29, 0.717) is 22.7 Å². The van der Waals surface area contributed by atoms with Gasteiger partial charge in [-0.05, 0) is 282 Å². The van der Waals surface area contributed by atoms with Crippen molar-refractivity contribution in [3.05, 3.63) is 398 Å². The van der Waals surface area contributed by atoms with Crippen molar-refractivity contribution in [1.29, 1.82) is 0 Å². The Morgan fingerprint density at radius 3 is 1.18 bits per heavy atom. The molecule has 0 radical (unpaired) electrons. The maximum atomic E-state index is 16.9. The second-order valence-corrected chi connectivity index (χ2v) is 31.1. The maximum absolute atomic E-state index is 16.9. The summed E-state index contributed by atoms with van der Waals surface area (Å²) in [6.07, 6.45) is 10.5. The van der Waals surface area contributed by atoms with Gasteiger partial charge in [-0.2, -0.15) is 0 Å². The number of nitrogens with zero attached hydrogens (tertiary/aromatic N) is 2. The molecule has 2 unspecified atom stereocenters. The van der Waals surface area contributed by atoms with Crippen LogP contribution in [0, 0.1) is 23.3 Å². The summed E-state index contributed by atoms with van der Waals surface area (Å²) in [6, 6.07) is 92.6. The molecule has 0 spiro atoms. The van der Waals surface area contributed by atoms with Crippen molar-refractivity contribution in [1.82, 2.24) is 0 Å². The molecule has 0 amide bonds. The summed E-state index contributed by atoms with van der Waals surface area (Å²) in [5.41, 5.74) is 24.0. The molecule has 4 nitrogen and oxygen atoms in total. The number of ether oxygens (including phenoxy) is 2. The van der Waals surface area contributed by atoms with Crippen molar-refractivity contribution in [3.8, 4) is 45.3 Å². The molecule has 2 atom stereocenters. The number of hydrogen-bond donors (Lipinski definition) is 0. The van der Waals surface area contributed by atoms with Crippen molar-refractivity contribution in [2.45, 2.75) is 102 Å². The third-order valence-electron chi connectivity index (χ3n) is 22.8. The SMILES string of the molecule is CC(C)(C)c1ccc(C2(c3ccc(Oc4ccc5c(c4)CC5)cc3)C3=C(C=CCC3)c3ccc(N(c4ccc(-c5ccc(N(c6ccc7c(c6)C(c6ccc(Oc8ccc9c(c8)CC9)cc6)(c6ccc(C(C)(C)C)cc6)c6ccccc6-7)c6ccc(F)cc6F)cc5)cc4)c4ccc(F)cc4F)cc32)cc1. The highest BCUT2D eigenvalue weighted by Gasteiger charge is 2.49. The standard InChI is InChI=1S/C98H78F4N2O2/c1-95(2,3)67-25-29-69(30-26-67)97(71-33-47-79(48-34-71)105-81-45-23-63-15-17-65(63)55-81)87-13-9-7-11-83(87)85-51-43-77(59-89(85)97)103(93-53-37-73(99)57-91(93)101)75-39-19-61(20-40-75)62-21-41-76(42-22-62)104(94-54-38-74(100)58-92(94)102)78-44-52-86-84-12-8-10-14-88(84)98(90(86)60-78,70-31-27-68(28-32-70)96(4,5)6)72-35-49-80(50-36-72)106-82-46-24-64-16-18-66(64)56-82/h7-9,11-13,19-60H,10,14-18H2,1-6H3. The van der Waals surface area contributed by atoms with Crippen molar-refractivity contribution in [2.24, 2.45) is 0 Å². The van der Waals surface area contributed by atoms with Gasteiger partial charge in [0, 0.05) is 34.9 Å². The zero-order chi connectivity index (χ0) is 72.4. The molecule has 0 fully saturated rings. The lowest BCUT2D eigenvalue weighted by Gasteiger charge is -2.37. The fraction of sp³-hybridized carbons (Fsp3) is 0.163. The highest BCUT2D eigenvalue weighted by molar-refractivity contribution is 5.94. The van der Waals surface area contributed by atoms with Gasteiger partial charge in [-0.3, -0.25) is 0 Å². The number of rotatable bonds is 15. The summed E-state index contributed by atoms with van der Waals surface area (Å²) < 4.78 is 77.1. The van der Waals surface area contributed by atoms with Gasteiger partial charge in [0.05, 0.1) is 22.2 Å². The lowest BCUT2D eigenvalue weighted by Crippen LogP contribution is -2.30. The number of halogens is 4. The second kappa shape index (κ2) is 25.6. The van der Waals surface area contributed by atoms with Gasteiger partial charge in [0.2, 0.25) is 0 Å². The first kappa shape index (κ1) is 66.2. The molecule has 5 aliphatic rings. The Morgan fingerprint density at radius 1 is 0.330 bits per heavy atom. The van der Waals surface area contributed by atoms with Gasteiger partial charge < -0.3 is 19.3 Å². The normalized spacial score (nSPS) is 16.5. The quantitative estimate of drug-likeness (QED) is 0.0955. The second-order valence-electron chi connectivity index (χ2n) is 31.1. The molecule has 0 bridgehead atoms. The van der Waals surface area contributed by atoms with Crippen LogP contribution in [0.5, 0.6) is 23.0 Å². The molecule has 13 aromatic rings. The minimum absolute atomic E-state index is 0.0857. The minimum atomic E-state index is -0.849. The number of fused-ring (bicyclic) bond motifs is 7. The van der Waals surface area contributed by atoms with E-state index in [0.717, 1.165) is 140 Å². The van der Waals surface area contributed by atoms with Crippen LogP contribution in [0.1, 0.15) is 132 Å². The first-order chi connectivity index (χ1) is 51.4. The van der Waals surface area contributed by atoms with Crippen LogP contribution in [0.2, 0.25) is 0 Å². The largest absolute Gasteiger partial charge is 0.457 e. The molecule has 0 saturated heterocycles. The van der Waals surface area contributed by atoms with E-state index in [9.17, 15) is 0 Å². The summed E-state index contributed by atoms with van der Waals surface area (Å²) in [5, 5.41) is 0. The van der Waals surface area contributed by atoms with Crippen molar-refractivity contribution in [2.75, 3.05) is 9.80 Å². The number of anilines is 6. The van der Waals surface area contributed by atoms with E-state index >= 15 is 17.6 Å². The molecule has 0 heterocycles. The van der Waals surface area contributed by atoms with E-state index in [1.165, 1.54) is 68.8 Å². The highest BCUT2D eigenvalue weighted by atomic mass is 19.1. The highest BCUT2D eigenvalue weighted by Crippen LogP contribution is 2.61. The van der Waals surface area contributed by atoms with Crippen LogP contribution in [-0.4, -0.2) is 0 Å². The Bertz CT molecular complexity index is 5710. The van der Waals surface area contributed by atoms with E-state index < -0.39 is 34.1 Å². The van der Waals surface area contributed by atoms with E-state index in [4.69, 9.17) is 9.47 Å². The van der Waals surface area contributed by atoms with Crippen LogP contribution in [0.25, 0.3) is 27.8 Å². The van der Waals surface area contributed by atoms with Crippen LogP contribution in [-0.2, 0) is 47.3 Å². The van der Waals surface area contributed by atoms with E-state index in [-0.39, 0.29) is 22.2 Å². The zero-order valence-electron chi connectivity index (χ0n) is 60.2. The number of hydrogen-bond acceptors (Lipinski definition) is 4. The zero-order valence-corrected chi connectivity index (χ0v) is 60.2. The Labute approximate surface area is 617 Å². The fourth-order valence-corrected chi connectivity index (χ4v) is 17.2. The van der Waals surface area contributed by atoms with Crippen LogP contribution < -0.4 is 19.3 Å². The summed E-state index contributed by atoms with van der Waals surface area (Å²) in [5.74, 6) is 0.314. The van der Waals surface area contributed by atoms with Gasteiger partial charge in [-0.15, -0.1) is 0 Å². The Balaban J connectivity index is 0.723. The fourth-order valence-electron chi connectivity index (χ4n) is 17.2. The Hall–Kier alpha value is -11.7. The molecule has 0 saturated carbocycles. The lowest BCUT2D eigenvalue weighted by molar-refractivity contribution is 0.480. The van der Waals surface area contributed by atoms with Crippen molar-refractivity contribution in [3.63, 3.8) is 0 Å².